The maximum Gasteiger partial charge on any atom is 0.258 e. The number of carbonyl (C=O) groups is 1. The van der Waals surface area contributed by atoms with Crippen molar-refractivity contribution in [2.45, 2.75) is 38.7 Å². The topological polar surface area (TPSA) is 107 Å². The molecule has 37 heavy (non-hydrogen) atoms. The number of rotatable bonds is 8. The molecule has 2 aromatic rings. The Morgan fingerprint density at radius 1 is 1.19 bits per heavy atom. The normalized spacial score (nSPS) is 21.5. The second-order valence-electron chi connectivity index (χ2n) is 10.2. The van der Waals surface area contributed by atoms with E-state index in [-0.39, 0.29) is 36.0 Å². The van der Waals surface area contributed by atoms with Crippen molar-refractivity contribution in [3.05, 3.63) is 41.7 Å². The molecule has 9 nitrogen and oxygen atoms in total. The highest BCUT2D eigenvalue weighted by Crippen LogP contribution is 2.54. The van der Waals surface area contributed by atoms with Gasteiger partial charge in [-0.25, -0.2) is 13.6 Å². The summed E-state index contributed by atoms with van der Waals surface area (Å²) >= 11 is 0. The van der Waals surface area contributed by atoms with Crippen LogP contribution in [0.5, 0.6) is 0 Å². The first-order valence-corrected chi connectivity index (χ1v) is 14.2. The van der Waals surface area contributed by atoms with Crippen LogP contribution in [0.15, 0.2) is 30.3 Å². The summed E-state index contributed by atoms with van der Waals surface area (Å²) in [7, 11) is -1.42. The Morgan fingerprint density at radius 2 is 1.97 bits per heavy atom. The van der Waals surface area contributed by atoms with Crippen molar-refractivity contribution in [3.8, 4) is 0 Å². The van der Waals surface area contributed by atoms with Gasteiger partial charge < -0.3 is 29.7 Å². The molecular formula is C26H34FN5O4S. The highest BCUT2D eigenvalue weighted by molar-refractivity contribution is 7.86. The SMILES string of the molecule is C[C@@H]1CN(c2nc(NC(=O)c3ccc(NS(=O)CCO)cc3N3CCC4(CC3)CC4)ccc2F)CCO1. The van der Waals surface area contributed by atoms with Gasteiger partial charge in [-0.2, -0.15) is 0 Å². The van der Waals surface area contributed by atoms with E-state index in [0.717, 1.165) is 31.6 Å². The number of halogens is 1. The molecule has 5 rings (SSSR count). The fourth-order valence-electron chi connectivity index (χ4n) is 5.13. The first-order valence-electron chi connectivity index (χ1n) is 12.9. The number of nitrogens with zero attached hydrogens (tertiary/aromatic N) is 3. The molecule has 2 saturated heterocycles. The molecule has 1 saturated carbocycles. The molecule has 1 unspecified atom stereocenters. The molecule has 11 heteroatoms. The fraction of sp³-hybridized carbons (Fsp3) is 0.538. The number of hydrogen-bond donors (Lipinski definition) is 3. The molecule has 1 spiro atoms. The van der Waals surface area contributed by atoms with Gasteiger partial charge in [0.25, 0.3) is 5.91 Å². The second-order valence-corrected chi connectivity index (χ2v) is 11.5. The third-order valence-corrected chi connectivity index (χ3v) is 8.50. The molecular weight excluding hydrogens is 497 g/mol. The Bertz CT molecular complexity index is 1170. The van der Waals surface area contributed by atoms with Crippen LogP contribution in [0, 0.1) is 11.2 Å². The van der Waals surface area contributed by atoms with E-state index in [2.05, 4.69) is 19.9 Å². The molecule has 2 atom stereocenters. The molecule has 0 radical (unpaired) electrons. The van der Waals surface area contributed by atoms with E-state index in [1.54, 1.807) is 12.1 Å². The van der Waals surface area contributed by atoms with Crippen LogP contribution in [-0.2, 0) is 15.7 Å². The van der Waals surface area contributed by atoms with Crippen LogP contribution in [0.2, 0.25) is 0 Å². The molecule has 1 amide bonds. The average molecular weight is 532 g/mol. The van der Waals surface area contributed by atoms with Gasteiger partial charge in [0.1, 0.15) is 16.8 Å². The second kappa shape index (κ2) is 10.9. The van der Waals surface area contributed by atoms with Gasteiger partial charge in [-0.3, -0.25) is 4.79 Å². The van der Waals surface area contributed by atoms with Gasteiger partial charge in [-0.05, 0) is 68.4 Å². The van der Waals surface area contributed by atoms with Crippen molar-refractivity contribution in [1.29, 1.82) is 0 Å². The number of benzene rings is 1. The minimum atomic E-state index is -1.42. The van der Waals surface area contributed by atoms with Crippen molar-refractivity contribution in [3.63, 3.8) is 0 Å². The Kier molecular flexibility index (Phi) is 7.64. The van der Waals surface area contributed by atoms with E-state index in [9.17, 15) is 13.4 Å². The smallest absolute Gasteiger partial charge is 0.258 e. The highest BCUT2D eigenvalue weighted by atomic mass is 32.2. The number of aliphatic hydroxyl groups excluding tert-OH is 1. The number of carbonyl (C=O) groups excluding carboxylic acids is 1. The molecule has 2 aliphatic heterocycles. The number of morpholine rings is 1. The summed E-state index contributed by atoms with van der Waals surface area (Å²) in [6.45, 7) is 4.97. The summed E-state index contributed by atoms with van der Waals surface area (Å²) in [6, 6.07) is 8.04. The Hall–Kier alpha value is -2.76. The number of pyridine rings is 1. The van der Waals surface area contributed by atoms with Crippen LogP contribution < -0.4 is 19.8 Å². The number of aliphatic hydroxyl groups is 1. The number of piperidine rings is 1. The molecule has 1 aromatic heterocycles. The fourth-order valence-corrected chi connectivity index (χ4v) is 5.79. The zero-order valence-corrected chi connectivity index (χ0v) is 21.9. The predicted molar refractivity (Wildman–Crippen MR) is 143 cm³/mol. The minimum absolute atomic E-state index is 0.0334. The first kappa shape index (κ1) is 25.9. The zero-order chi connectivity index (χ0) is 26.0. The van der Waals surface area contributed by atoms with E-state index in [4.69, 9.17) is 9.84 Å². The average Bonchev–Trinajstić information content (AvgIpc) is 3.64. The van der Waals surface area contributed by atoms with Crippen molar-refractivity contribution < 1.29 is 23.2 Å². The van der Waals surface area contributed by atoms with Gasteiger partial charge in [0.15, 0.2) is 11.6 Å². The van der Waals surface area contributed by atoms with Crippen molar-refractivity contribution in [2.75, 3.05) is 65.0 Å². The molecule has 0 bridgehead atoms. The monoisotopic (exact) mass is 531 g/mol. The van der Waals surface area contributed by atoms with Crippen molar-refractivity contribution >= 4 is 39.9 Å². The largest absolute Gasteiger partial charge is 0.395 e. The number of amides is 1. The summed E-state index contributed by atoms with van der Waals surface area (Å²) < 4.78 is 35.2. The molecule has 3 heterocycles. The summed E-state index contributed by atoms with van der Waals surface area (Å²) in [5.74, 6) is -0.200. The van der Waals surface area contributed by atoms with E-state index < -0.39 is 16.8 Å². The number of nitrogens with one attached hydrogen (secondary N) is 2. The van der Waals surface area contributed by atoms with Crippen LogP contribution in [0.25, 0.3) is 0 Å². The molecule has 200 valence electrons. The van der Waals surface area contributed by atoms with Gasteiger partial charge in [0.2, 0.25) is 0 Å². The van der Waals surface area contributed by atoms with Crippen molar-refractivity contribution in [2.24, 2.45) is 5.41 Å². The molecule has 3 fully saturated rings. The van der Waals surface area contributed by atoms with Crippen LogP contribution >= 0.6 is 0 Å². The molecule has 1 aromatic carbocycles. The van der Waals surface area contributed by atoms with E-state index in [1.807, 2.05) is 17.9 Å². The third-order valence-electron chi connectivity index (χ3n) is 7.48. The summed E-state index contributed by atoms with van der Waals surface area (Å²) in [5, 5.41) is 11.9. The lowest BCUT2D eigenvalue weighted by Gasteiger charge is -2.35. The highest BCUT2D eigenvalue weighted by Gasteiger charge is 2.44. The molecule has 1 aliphatic carbocycles. The lowest BCUT2D eigenvalue weighted by molar-refractivity contribution is 0.0527. The molecule has 3 N–H and O–H groups in total. The van der Waals surface area contributed by atoms with Crippen LogP contribution in [0.4, 0.5) is 27.4 Å². The minimum Gasteiger partial charge on any atom is -0.395 e. The number of aromatic nitrogens is 1. The van der Waals surface area contributed by atoms with E-state index >= 15 is 0 Å². The van der Waals surface area contributed by atoms with Crippen LogP contribution in [-0.4, -0.2) is 71.5 Å². The number of hydrogen-bond acceptors (Lipinski definition) is 7. The number of anilines is 4. The number of ether oxygens (including phenoxy) is 1. The summed E-state index contributed by atoms with van der Waals surface area (Å²) in [5.41, 5.74) is 2.32. The zero-order valence-electron chi connectivity index (χ0n) is 21.0. The Labute approximate surface area is 219 Å². The quantitative estimate of drug-likeness (QED) is 0.480. The summed E-state index contributed by atoms with van der Waals surface area (Å²) in [6.07, 6.45) is 4.69. The van der Waals surface area contributed by atoms with Gasteiger partial charge in [-0.15, -0.1) is 0 Å². The lowest BCUT2D eigenvalue weighted by atomic mass is 9.93. The maximum absolute atomic E-state index is 14.6. The van der Waals surface area contributed by atoms with Crippen molar-refractivity contribution in [1.82, 2.24) is 4.98 Å². The first-order chi connectivity index (χ1) is 17.9. The van der Waals surface area contributed by atoms with Gasteiger partial charge in [0, 0.05) is 31.9 Å². The predicted octanol–water partition coefficient (Wildman–Crippen LogP) is 3.15. The Balaban J connectivity index is 1.38. The van der Waals surface area contributed by atoms with Crippen LogP contribution in [0.3, 0.4) is 0 Å². The lowest BCUT2D eigenvalue weighted by Crippen LogP contribution is -2.42. The summed E-state index contributed by atoms with van der Waals surface area (Å²) in [4.78, 5) is 21.9. The van der Waals surface area contributed by atoms with Gasteiger partial charge in [0.05, 0.1) is 36.3 Å². The van der Waals surface area contributed by atoms with Gasteiger partial charge in [-0.1, -0.05) is 0 Å². The standard InChI is InChI=1S/C26H34FN5O4S/c1-18-17-32(12-14-36-18)24-21(27)4-5-23(28-24)29-25(34)20-3-2-19(30-37(35)15-13-33)16-22(20)31-10-8-26(6-7-26)9-11-31/h2-5,16,18,30,33H,6-15,17H2,1H3,(H,28,29,34)/t18-,37?/m1/s1. The molecule has 3 aliphatic rings. The maximum atomic E-state index is 14.6. The van der Waals surface area contributed by atoms with E-state index in [0.29, 0.717) is 36.4 Å². The van der Waals surface area contributed by atoms with Gasteiger partial charge >= 0.3 is 0 Å². The Morgan fingerprint density at radius 3 is 2.68 bits per heavy atom. The van der Waals surface area contributed by atoms with E-state index in [1.165, 1.54) is 25.0 Å². The van der Waals surface area contributed by atoms with Crippen LogP contribution in [0.1, 0.15) is 43.0 Å². The third kappa shape index (κ3) is 6.05.